The lowest BCUT2D eigenvalue weighted by molar-refractivity contribution is 0.103. The molecule has 0 amide bonds. The van der Waals surface area contributed by atoms with E-state index in [2.05, 4.69) is 36.7 Å². The minimum Gasteiger partial charge on any atom is -0.496 e. The summed E-state index contributed by atoms with van der Waals surface area (Å²) in [4.78, 5) is 12.6. The molecule has 0 saturated carbocycles. The van der Waals surface area contributed by atoms with Gasteiger partial charge in [0.05, 0.1) is 12.7 Å². The number of rotatable bonds is 3. The number of methoxy groups -OCH3 is 1. The molecule has 0 N–H and O–H groups in total. The largest absolute Gasteiger partial charge is 0.496 e. The summed E-state index contributed by atoms with van der Waals surface area (Å²) in [5.74, 6) is 0.550. The predicted octanol–water partition coefficient (Wildman–Crippen LogP) is 4.99. The smallest absolute Gasteiger partial charge is 0.196 e. The number of carbonyl (C=O) groups is 1. The summed E-state index contributed by atoms with van der Waals surface area (Å²) < 4.78 is 6.18. The van der Waals surface area contributed by atoms with Gasteiger partial charge >= 0.3 is 0 Å². The van der Waals surface area contributed by atoms with E-state index in [0.29, 0.717) is 16.9 Å². The Morgan fingerprint density at radius 1 is 1.05 bits per heavy atom. The van der Waals surface area contributed by atoms with E-state index >= 15 is 0 Å². The van der Waals surface area contributed by atoms with Crippen molar-refractivity contribution >= 4 is 21.7 Å². The van der Waals surface area contributed by atoms with Crippen LogP contribution in [0.1, 0.15) is 42.3 Å². The molecule has 0 spiro atoms. The van der Waals surface area contributed by atoms with Gasteiger partial charge in [-0.05, 0) is 29.2 Å². The fraction of sp³-hybridized carbons (Fsp3) is 0.278. The predicted molar refractivity (Wildman–Crippen MR) is 89.3 cm³/mol. The minimum atomic E-state index is -0.0280. The lowest BCUT2D eigenvalue weighted by Crippen LogP contribution is -2.11. The van der Waals surface area contributed by atoms with Crippen LogP contribution in [0.15, 0.2) is 46.9 Å². The second-order valence-corrected chi connectivity index (χ2v) is 6.92. The van der Waals surface area contributed by atoms with Gasteiger partial charge in [-0.25, -0.2) is 0 Å². The highest BCUT2D eigenvalue weighted by Crippen LogP contribution is 2.27. The van der Waals surface area contributed by atoms with E-state index < -0.39 is 0 Å². The van der Waals surface area contributed by atoms with E-state index in [9.17, 15) is 4.79 Å². The van der Waals surface area contributed by atoms with Gasteiger partial charge in [0.25, 0.3) is 0 Å². The Hall–Kier alpha value is -1.61. The molecule has 0 atom stereocenters. The van der Waals surface area contributed by atoms with Crippen LogP contribution in [0.25, 0.3) is 0 Å². The van der Waals surface area contributed by atoms with E-state index in [1.54, 1.807) is 19.2 Å². The second-order valence-electron chi connectivity index (χ2n) is 6.00. The van der Waals surface area contributed by atoms with Crippen molar-refractivity contribution < 1.29 is 9.53 Å². The average molecular weight is 347 g/mol. The molecule has 110 valence electrons. The van der Waals surface area contributed by atoms with Gasteiger partial charge in [0, 0.05) is 10.0 Å². The SMILES string of the molecule is COc1cc(Br)ccc1C(=O)c1ccc(C(C)(C)C)cc1. The molecular weight excluding hydrogens is 328 g/mol. The summed E-state index contributed by atoms with van der Waals surface area (Å²) >= 11 is 3.38. The molecule has 2 aromatic carbocycles. The van der Waals surface area contributed by atoms with Crippen molar-refractivity contribution in [2.24, 2.45) is 0 Å². The number of ketones is 1. The van der Waals surface area contributed by atoms with Crippen LogP contribution < -0.4 is 4.74 Å². The molecule has 0 aliphatic rings. The molecule has 0 aromatic heterocycles. The Balaban J connectivity index is 2.37. The van der Waals surface area contributed by atoms with Crippen molar-refractivity contribution in [3.05, 3.63) is 63.6 Å². The van der Waals surface area contributed by atoms with E-state index in [4.69, 9.17) is 4.74 Å². The van der Waals surface area contributed by atoms with Crippen LogP contribution in [-0.2, 0) is 5.41 Å². The van der Waals surface area contributed by atoms with Crippen molar-refractivity contribution in [3.63, 3.8) is 0 Å². The van der Waals surface area contributed by atoms with Crippen LogP contribution in [0, 0.1) is 0 Å². The van der Waals surface area contributed by atoms with Crippen molar-refractivity contribution in [1.29, 1.82) is 0 Å². The van der Waals surface area contributed by atoms with E-state index in [1.165, 1.54) is 5.56 Å². The Morgan fingerprint density at radius 3 is 2.19 bits per heavy atom. The van der Waals surface area contributed by atoms with Gasteiger partial charge in [-0.3, -0.25) is 4.79 Å². The maximum absolute atomic E-state index is 12.6. The van der Waals surface area contributed by atoms with E-state index in [0.717, 1.165) is 4.47 Å². The first kappa shape index (κ1) is 15.8. The van der Waals surface area contributed by atoms with Gasteiger partial charge in [-0.2, -0.15) is 0 Å². The Morgan fingerprint density at radius 2 is 1.67 bits per heavy atom. The number of halogens is 1. The van der Waals surface area contributed by atoms with Gasteiger partial charge in [-0.1, -0.05) is 61.0 Å². The van der Waals surface area contributed by atoms with Gasteiger partial charge in [0.15, 0.2) is 5.78 Å². The maximum atomic E-state index is 12.6. The highest BCUT2D eigenvalue weighted by Gasteiger charge is 2.17. The van der Waals surface area contributed by atoms with Gasteiger partial charge in [0.1, 0.15) is 5.75 Å². The zero-order valence-electron chi connectivity index (χ0n) is 12.7. The summed E-state index contributed by atoms with van der Waals surface area (Å²) in [6.45, 7) is 6.46. The second kappa shape index (κ2) is 6.02. The first-order valence-electron chi connectivity index (χ1n) is 6.81. The standard InChI is InChI=1S/C18H19BrO2/c1-18(2,3)13-7-5-12(6-8-13)17(20)15-10-9-14(19)11-16(15)21-4/h5-11H,1-4H3. The van der Waals surface area contributed by atoms with Gasteiger partial charge < -0.3 is 4.74 Å². The van der Waals surface area contributed by atoms with Crippen LogP contribution in [-0.4, -0.2) is 12.9 Å². The Kier molecular flexibility index (Phi) is 4.52. The summed E-state index contributed by atoms with van der Waals surface area (Å²) in [6, 6.07) is 13.2. The van der Waals surface area contributed by atoms with Crippen molar-refractivity contribution in [3.8, 4) is 5.75 Å². The van der Waals surface area contributed by atoms with Crippen LogP contribution in [0.2, 0.25) is 0 Å². The molecule has 21 heavy (non-hydrogen) atoms. The number of hydrogen-bond donors (Lipinski definition) is 0. The van der Waals surface area contributed by atoms with Crippen LogP contribution >= 0.6 is 15.9 Å². The summed E-state index contributed by atoms with van der Waals surface area (Å²) in [5.41, 5.74) is 2.53. The van der Waals surface area contributed by atoms with Gasteiger partial charge in [-0.15, -0.1) is 0 Å². The van der Waals surface area contributed by atoms with Crippen molar-refractivity contribution in [1.82, 2.24) is 0 Å². The fourth-order valence-corrected chi connectivity index (χ4v) is 2.47. The molecule has 0 radical (unpaired) electrons. The molecule has 0 fully saturated rings. The highest BCUT2D eigenvalue weighted by atomic mass is 79.9. The molecule has 2 rings (SSSR count). The summed E-state index contributed by atoms with van der Waals surface area (Å²) in [5, 5.41) is 0. The third-order valence-electron chi connectivity index (χ3n) is 3.42. The van der Waals surface area contributed by atoms with Crippen molar-refractivity contribution in [2.45, 2.75) is 26.2 Å². The molecule has 0 aliphatic carbocycles. The van der Waals surface area contributed by atoms with Crippen molar-refractivity contribution in [2.75, 3.05) is 7.11 Å². The average Bonchev–Trinajstić information content (AvgIpc) is 2.45. The first-order chi connectivity index (χ1) is 9.82. The topological polar surface area (TPSA) is 26.3 Å². The molecule has 0 heterocycles. The number of hydrogen-bond acceptors (Lipinski definition) is 2. The molecule has 0 bridgehead atoms. The van der Waals surface area contributed by atoms with Crippen LogP contribution in [0.5, 0.6) is 5.75 Å². The maximum Gasteiger partial charge on any atom is 0.196 e. The zero-order chi connectivity index (χ0) is 15.6. The Bertz CT molecular complexity index is 652. The van der Waals surface area contributed by atoms with Crippen LogP contribution in [0.4, 0.5) is 0 Å². The van der Waals surface area contributed by atoms with Gasteiger partial charge in [0.2, 0.25) is 0 Å². The Labute approximate surface area is 134 Å². The monoisotopic (exact) mass is 346 g/mol. The number of carbonyl (C=O) groups excluding carboxylic acids is 1. The third kappa shape index (κ3) is 3.53. The van der Waals surface area contributed by atoms with E-state index in [-0.39, 0.29) is 11.2 Å². The lowest BCUT2D eigenvalue weighted by atomic mass is 9.86. The number of ether oxygens (including phenoxy) is 1. The lowest BCUT2D eigenvalue weighted by Gasteiger charge is -2.19. The summed E-state index contributed by atoms with van der Waals surface area (Å²) in [6.07, 6.45) is 0. The molecule has 0 saturated heterocycles. The quantitative estimate of drug-likeness (QED) is 0.732. The first-order valence-corrected chi connectivity index (χ1v) is 7.61. The zero-order valence-corrected chi connectivity index (χ0v) is 14.3. The molecule has 0 unspecified atom stereocenters. The molecule has 3 heteroatoms. The normalized spacial score (nSPS) is 11.3. The molecule has 2 nitrogen and oxygen atoms in total. The fourth-order valence-electron chi connectivity index (χ4n) is 2.13. The summed E-state index contributed by atoms with van der Waals surface area (Å²) in [7, 11) is 1.57. The highest BCUT2D eigenvalue weighted by molar-refractivity contribution is 9.10. The molecular formula is C18H19BrO2. The molecule has 2 aromatic rings. The molecule has 0 aliphatic heterocycles. The number of benzene rings is 2. The third-order valence-corrected chi connectivity index (χ3v) is 3.91. The van der Waals surface area contributed by atoms with E-state index in [1.807, 2.05) is 30.3 Å². The minimum absolute atomic E-state index is 0.0280. The van der Waals surface area contributed by atoms with Crippen LogP contribution in [0.3, 0.4) is 0 Å².